The highest BCUT2D eigenvalue weighted by atomic mass is 16.5. The minimum atomic E-state index is -0.641. The van der Waals surface area contributed by atoms with Crippen LogP contribution in [0.5, 0.6) is 0 Å². The van der Waals surface area contributed by atoms with Gasteiger partial charge in [0.05, 0.1) is 13.2 Å². The Bertz CT molecular complexity index is 307. The van der Waals surface area contributed by atoms with Crippen molar-refractivity contribution >= 4 is 5.97 Å². The lowest BCUT2D eigenvalue weighted by atomic mass is 9.76. The van der Waals surface area contributed by atoms with Crippen LogP contribution >= 0.6 is 0 Å². The SMILES string of the molecule is CCNC(C)(CCOC1CCC(C)(C)CC1)C(=O)OC. The van der Waals surface area contributed by atoms with E-state index in [0.717, 1.165) is 19.4 Å². The number of likely N-dealkylation sites (N-methyl/N-ethyl adjacent to an activating group) is 1. The molecule has 4 heteroatoms. The fourth-order valence-corrected chi connectivity index (χ4v) is 2.85. The fraction of sp³-hybridized carbons (Fsp3) is 0.938. The van der Waals surface area contributed by atoms with Gasteiger partial charge in [-0.2, -0.15) is 0 Å². The zero-order valence-corrected chi connectivity index (χ0v) is 13.8. The van der Waals surface area contributed by atoms with Gasteiger partial charge in [0.2, 0.25) is 0 Å². The van der Waals surface area contributed by atoms with Crippen LogP contribution in [0.4, 0.5) is 0 Å². The molecule has 118 valence electrons. The van der Waals surface area contributed by atoms with E-state index in [9.17, 15) is 4.79 Å². The highest BCUT2D eigenvalue weighted by Gasteiger charge is 2.34. The Labute approximate surface area is 123 Å². The Balaban J connectivity index is 2.36. The van der Waals surface area contributed by atoms with Crippen molar-refractivity contribution in [1.29, 1.82) is 0 Å². The average molecular weight is 285 g/mol. The van der Waals surface area contributed by atoms with E-state index in [1.54, 1.807) is 0 Å². The molecular weight excluding hydrogens is 254 g/mol. The molecule has 1 unspecified atom stereocenters. The second kappa shape index (κ2) is 7.41. The minimum Gasteiger partial charge on any atom is -0.468 e. The minimum absolute atomic E-state index is 0.215. The monoisotopic (exact) mass is 285 g/mol. The van der Waals surface area contributed by atoms with E-state index < -0.39 is 5.54 Å². The van der Waals surface area contributed by atoms with Gasteiger partial charge >= 0.3 is 5.97 Å². The van der Waals surface area contributed by atoms with E-state index in [-0.39, 0.29) is 5.97 Å². The molecule has 0 amide bonds. The quantitative estimate of drug-likeness (QED) is 0.731. The second-order valence-electron chi connectivity index (χ2n) is 6.84. The summed E-state index contributed by atoms with van der Waals surface area (Å²) in [5.74, 6) is -0.215. The van der Waals surface area contributed by atoms with Crippen LogP contribution in [0.15, 0.2) is 0 Å². The summed E-state index contributed by atoms with van der Waals surface area (Å²) in [4.78, 5) is 11.9. The van der Waals surface area contributed by atoms with Crippen molar-refractivity contribution in [2.24, 2.45) is 5.41 Å². The van der Waals surface area contributed by atoms with Gasteiger partial charge in [-0.3, -0.25) is 4.79 Å². The van der Waals surface area contributed by atoms with Crippen LogP contribution in [0.1, 0.15) is 59.8 Å². The highest BCUT2D eigenvalue weighted by Crippen LogP contribution is 2.36. The molecule has 0 aliphatic heterocycles. The summed E-state index contributed by atoms with van der Waals surface area (Å²) in [6.45, 7) is 9.86. The maximum absolute atomic E-state index is 11.9. The zero-order chi connectivity index (χ0) is 15.2. The molecule has 0 heterocycles. The average Bonchev–Trinajstić information content (AvgIpc) is 2.40. The molecular formula is C16H31NO3. The molecule has 0 bridgehead atoms. The van der Waals surface area contributed by atoms with E-state index in [1.165, 1.54) is 20.0 Å². The Hall–Kier alpha value is -0.610. The lowest BCUT2D eigenvalue weighted by Gasteiger charge is -2.35. The van der Waals surface area contributed by atoms with Crippen LogP contribution < -0.4 is 5.32 Å². The maximum Gasteiger partial charge on any atom is 0.325 e. The normalized spacial score (nSPS) is 22.2. The number of methoxy groups -OCH3 is 1. The smallest absolute Gasteiger partial charge is 0.325 e. The zero-order valence-electron chi connectivity index (χ0n) is 13.8. The first-order valence-corrected chi connectivity index (χ1v) is 7.78. The highest BCUT2D eigenvalue weighted by molar-refractivity contribution is 5.80. The van der Waals surface area contributed by atoms with Gasteiger partial charge in [-0.1, -0.05) is 20.8 Å². The van der Waals surface area contributed by atoms with Gasteiger partial charge in [-0.05, 0) is 51.0 Å². The molecule has 0 aromatic heterocycles. The standard InChI is InChI=1S/C16H31NO3/c1-6-17-16(4,14(18)19-5)11-12-20-13-7-9-15(2,3)10-8-13/h13,17H,6-12H2,1-5H3. The maximum atomic E-state index is 11.9. The van der Waals surface area contributed by atoms with Crippen molar-refractivity contribution in [1.82, 2.24) is 5.32 Å². The van der Waals surface area contributed by atoms with Gasteiger partial charge in [0.1, 0.15) is 5.54 Å². The molecule has 1 N–H and O–H groups in total. The first-order valence-electron chi connectivity index (χ1n) is 7.78. The van der Waals surface area contributed by atoms with Crippen LogP contribution in [-0.4, -0.2) is 37.9 Å². The van der Waals surface area contributed by atoms with E-state index in [1.807, 2.05) is 13.8 Å². The molecule has 20 heavy (non-hydrogen) atoms. The van der Waals surface area contributed by atoms with E-state index in [4.69, 9.17) is 9.47 Å². The van der Waals surface area contributed by atoms with Gasteiger partial charge in [0.25, 0.3) is 0 Å². The Kier molecular flexibility index (Phi) is 6.46. The second-order valence-corrected chi connectivity index (χ2v) is 6.84. The Morgan fingerprint density at radius 2 is 1.95 bits per heavy atom. The molecule has 1 saturated carbocycles. The van der Waals surface area contributed by atoms with E-state index in [0.29, 0.717) is 24.5 Å². The van der Waals surface area contributed by atoms with Gasteiger partial charge in [0, 0.05) is 6.61 Å². The fourth-order valence-electron chi connectivity index (χ4n) is 2.85. The third-order valence-corrected chi connectivity index (χ3v) is 4.44. The largest absolute Gasteiger partial charge is 0.468 e. The molecule has 0 aromatic rings. The van der Waals surface area contributed by atoms with Crippen molar-refractivity contribution < 1.29 is 14.3 Å². The molecule has 1 fully saturated rings. The number of nitrogens with one attached hydrogen (secondary N) is 1. The molecule has 1 aliphatic carbocycles. The van der Waals surface area contributed by atoms with Gasteiger partial charge in [0.15, 0.2) is 0 Å². The predicted molar refractivity (Wildman–Crippen MR) is 80.7 cm³/mol. The molecule has 1 aliphatic rings. The predicted octanol–water partition coefficient (Wildman–Crippen LogP) is 2.90. The molecule has 0 radical (unpaired) electrons. The van der Waals surface area contributed by atoms with E-state index in [2.05, 4.69) is 19.2 Å². The van der Waals surface area contributed by atoms with E-state index >= 15 is 0 Å². The first-order chi connectivity index (χ1) is 9.33. The summed E-state index contributed by atoms with van der Waals surface area (Å²) in [6, 6.07) is 0. The van der Waals surface area contributed by atoms with Crippen LogP contribution in [0.2, 0.25) is 0 Å². The van der Waals surface area contributed by atoms with Gasteiger partial charge in [-0.15, -0.1) is 0 Å². The number of ether oxygens (including phenoxy) is 2. The summed E-state index contributed by atoms with van der Waals surface area (Å²) < 4.78 is 10.8. The molecule has 0 aromatic carbocycles. The Morgan fingerprint density at radius 1 is 1.35 bits per heavy atom. The van der Waals surface area contributed by atoms with Crippen LogP contribution in [-0.2, 0) is 14.3 Å². The lowest BCUT2D eigenvalue weighted by Crippen LogP contribution is -2.51. The van der Waals surface area contributed by atoms with Crippen LogP contribution in [0.25, 0.3) is 0 Å². The third kappa shape index (κ3) is 5.06. The lowest BCUT2D eigenvalue weighted by molar-refractivity contribution is -0.149. The van der Waals surface area contributed by atoms with Crippen molar-refractivity contribution in [3.63, 3.8) is 0 Å². The number of hydrogen-bond acceptors (Lipinski definition) is 4. The van der Waals surface area contributed by atoms with Gasteiger partial charge in [-0.25, -0.2) is 0 Å². The molecule has 1 rings (SSSR count). The summed E-state index contributed by atoms with van der Waals surface area (Å²) in [5.41, 5.74) is -0.179. The first kappa shape index (κ1) is 17.4. The summed E-state index contributed by atoms with van der Waals surface area (Å²) >= 11 is 0. The van der Waals surface area contributed by atoms with Crippen molar-refractivity contribution in [2.45, 2.75) is 71.4 Å². The Morgan fingerprint density at radius 3 is 2.45 bits per heavy atom. The number of rotatable bonds is 7. The third-order valence-electron chi connectivity index (χ3n) is 4.44. The molecule has 0 spiro atoms. The molecule has 1 atom stereocenters. The van der Waals surface area contributed by atoms with Gasteiger partial charge < -0.3 is 14.8 Å². The van der Waals surface area contributed by atoms with Crippen molar-refractivity contribution in [3.8, 4) is 0 Å². The summed E-state index contributed by atoms with van der Waals surface area (Å²) in [5, 5.41) is 3.21. The number of esters is 1. The number of hydrogen-bond donors (Lipinski definition) is 1. The molecule has 0 saturated heterocycles. The van der Waals surface area contributed by atoms with Crippen LogP contribution in [0.3, 0.4) is 0 Å². The number of carbonyl (C=O) groups excluding carboxylic acids is 1. The molecule has 4 nitrogen and oxygen atoms in total. The van der Waals surface area contributed by atoms with Crippen LogP contribution in [0, 0.1) is 5.41 Å². The topological polar surface area (TPSA) is 47.6 Å². The number of carbonyl (C=O) groups is 1. The van der Waals surface area contributed by atoms with Crippen molar-refractivity contribution in [2.75, 3.05) is 20.3 Å². The summed E-state index contributed by atoms with van der Waals surface area (Å²) in [6.07, 6.45) is 5.70. The van der Waals surface area contributed by atoms with Crippen molar-refractivity contribution in [3.05, 3.63) is 0 Å². The summed E-state index contributed by atoms with van der Waals surface area (Å²) in [7, 11) is 1.43.